The highest BCUT2D eigenvalue weighted by molar-refractivity contribution is 5.80. The summed E-state index contributed by atoms with van der Waals surface area (Å²) < 4.78 is 0. The maximum Gasteiger partial charge on any atom is 0.225 e. The number of hydrogen-bond acceptors (Lipinski definition) is 5. The average Bonchev–Trinajstić information content (AvgIpc) is 2.83. The van der Waals surface area contributed by atoms with Gasteiger partial charge in [-0.15, -0.1) is 0 Å². The maximum atomic E-state index is 12.3. The molecule has 1 N–H and O–H groups in total. The lowest BCUT2D eigenvalue weighted by Gasteiger charge is -2.25. The Morgan fingerprint density at radius 2 is 2.13 bits per heavy atom. The van der Waals surface area contributed by atoms with Crippen molar-refractivity contribution in [2.75, 3.05) is 5.32 Å². The van der Waals surface area contributed by atoms with Crippen LogP contribution in [0.15, 0.2) is 42.7 Å². The molecule has 0 bridgehead atoms. The van der Waals surface area contributed by atoms with Gasteiger partial charge in [-0.1, -0.05) is 30.3 Å². The number of carbonyl (C=O) groups is 1. The molecule has 1 aromatic heterocycles. The molecular formula is C17H17N5O. The molecule has 2 aromatic rings. The van der Waals surface area contributed by atoms with E-state index in [-0.39, 0.29) is 23.7 Å². The molecular weight excluding hydrogens is 290 g/mol. The van der Waals surface area contributed by atoms with Crippen LogP contribution in [0.1, 0.15) is 24.6 Å². The molecule has 116 valence electrons. The fraction of sp³-hybridized carbons (Fsp3) is 0.294. The summed E-state index contributed by atoms with van der Waals surface area (Å²) in [4.78, 5) is 22.3. The second-order valence-corrected chi connectivity index (χ2v) is 5.60. The molecule has 1 amide bonds. The number of nitrogens with zero attached hydrogens (tertiary/aromatic N) is 4. The number of anilines is 1. The maximum absolute atomic E-state index is 12.3. The second kappa shape index (κ2) is 6.44. The van der Waals surface area contributed by atoms with E-state index in [1.165, 1.54) is 6.20 Å². The van der Waals surface area contributed by atoms with E-state index >= 15 is 0 Å². The number of hydrogen-bond donors (Lipinski definition) is 1. The first kappa shape index (κ1) is 15.0. The Bertz CT molecular complexity index is 740. The molecule has 2 atom stereocenters. The van der Waals surface area contributed by atoms with Gasteiger partial charge < -0.3 is 10.2 Å². The predicted molar refractivity (Wildman–Crippen MR) is 85.2 cm³/mol. The van der Waals surface area contributed by atoms with E-state index in [0.717, 1.165) is 5.56 Å². The van der Waals surface area contributed by atoms with Crippen LogP contribution in [0, 0.1) is 11.3 Å². The van der Waals surface area contributed by atoms with Crippen molar-refractivity contribution in [1.29, 1.82) is 5.26 Å². The minimum absolute atomic E-state index is 0.0373. The van der Waals surface area contributed by atoms with Gasteiger partial charge in [0.2, 0.25) is 5.91 Å². The Morgan fingerprint density at radius 1 is 1.35 bits per heavy atom. The van der Waals surface area contributed by atoms with Crippen molar-refractivity contribution in [1.82, 2.24) is 14.9 Å². The molecule has 1 aliphatic rings. The molecule has 1 aliphatic heterocycles. The minimum atomic E-state index is -0.0468. The summed E-state index contributed by atoms with van der Waals surface area (Å²) in [5.74, 6) is 0.638. The summed E-state index contributed by atoms with van der Waals surface area (Å²) in [5.41, 5.74) is 1.37. The topological polar surface area (TPSA) is 81.9 Å². The quantitative estimate of drug-likeness (QED) is 0.933. The van der Waals surface area contributed by atoms with Gasteiger partial charge in [-0.25, -0.2) is 4.98 Å². The number of likely N-dealkylation sites (tertiary alicyclic amines) is 1. The fourth-order valence-electron chi connectivity index (χ4n) is 2.78. The summed E-state index contributed by atoms with van der Waals surface area (Å²) >= 11 is 0. The molecule has 6 heteroatoms. The molecule has 6 nitrogen and oxygen atoms in total. The summed E-state index contributed by atoms with van der Waals surface area (Å²) in [7, 11) is 0. The lowest BCUT2D eigenvalue weighted by atomic mass is 10.1. The van der Waals surface area contributed by atoms with E-state index in [2.05, 4.69) is 15.3 Å². The average molecular weight is 307 g/mol. The van der Waals surface area contributed by atoms with Gasteiger partial charge in [-0.2, -0.15) is 5.26 Å². The Labute approximate surface area is 134 Å². The standard InChI is InChI=1S/C17H17N5O/c1-12-15(21-16-10-19-9-14(8-18)20-16)7-17(23)22(12)11-13-5-3-2-4-6-13/h2-6,9-10,12,15H,7,11H2,1H3,(H,20,21). The Kier molecular flexibility index (Phi) is 4.20. The van der Waals surface area contributed by atoms with Crippen molar-refractivity contribution in [2.45, 2.75) is 32.0 Å². The Balaban J connectivity index is 1.70. The van der Waals surface area contributed by atoms with Crippen LogP contribution in [0.5, 0.6) is 0 Å². The molecule has 0 saturated carbocycles. The van der Waals surface area contributed by atoms with Crippen molar-refractivity contribution in [3.63, 3.8) is 0 Å². The van der Waals surface area contributed by atoms with E-state index in [9.17, 15) is 4.79 Å². The summed E-state index contributed by atoms with van der Waals surface area (Å²) in [6, 6.07) is 11.9. The molecule has 0 radical (unpaired) electrons. The van der Waals surface area contributed by atoms with Crippen LogP contribution in [-0.4, -0.2) is 32.9 Å². The van der Waals surface area contributed by atoms with Crippen LogP contribution in [0.2, 0.25) is 0 Å². The molecule has 0 spiro atoms. The smallest absolute Gasteiger partial charge is 0.225 e. The SMILES string of the molecule is CC1C(Nc2cncc(C#N)n2)CC(=O)N1Cc1ccccc1. The molecule has 3 rings (SSSR count). The molecule has 1 aromatic carbocycles. The zero-order valence-corrected chi connectivity index (χ0v) is 12.8. The van der Waals surface area contributed by atoms with Gasteiger partial charge in [0.05, 0.1) is 18.4 Å². The minimum Gasteiger partial charge on any atom is -0.363 e. The van der Waals surface area contributed by atoms with Gasteiger partial charge in [-0.3, -0.25) is 9.78 Å². The Morgan fingerprint density at radius 3 is 2.87 bits per heavy atom. The van der Waals surface area contributed by atoms with Gasteiger partial charge in [0.25, 0.3) is 0 Å². The zero-order valence-electron chi connectivity index (χ0n) is 12.8. The van der Waals surface area contributed by atoms with Crippen molar-refractivity contribution < 1.29 is 4.79 Å². The summed E-state index contributed by atoms with van der Waals surface area (Å²) in [6.45, 7) is 2.62. The van der Waals surface area contributed by atoms with Gasteiger partial charge in [0, 0.05) is 19.0 Å². The van der Waals surface area contributed by atoms with E-state index in [1.54, 1.807) is 6.20 Å². The van der Waals surface area contributed by atoms with Crippen molar-refractivity contribution in [3.8, 4) is 6.07 Å². The van der Waals surface area contributed by atoms with Gasteiger partial charge in [0.15, 0.2) is 5.69 Å². The molecule has 2 heterocycles. The lowest BCUT2D eigenvalue weighted by Crippen LogP contribution is -2.37. The number of aromatic nitrogens is 2. The number of benzene rings is 1. The number of nitrogens with one attached hydrogen (secondary N) is 1. The van der Waals surface area contributed by atoms with Gasteiger partial charge >= 0.3 is 0 Å². The zero-order chi connectivity index (χ0) is 16.2. The van der Waals surface area contributed by atoms with E-state index in [1.807, 2.05) is 48.2 Å². The molecule has 1 saturated heterocycles. The Hall–Kier alpha value is -2.94. The first-order valence-corrected chi connectivity index (χ1v) is 7.49. The second-order valence-electron chi connectivity index (χ2n) is 5.60. The highest BCUT2D eigenvalue weighted by Crippen LogP contribution is 2.24. The summed E-state index contributed by atoms with van der Waals surface area (Å²) in [6.07, 6.45) is 3.39. The van der Waals surface area contributed by atoms with E-state index in [0.29, 0.717) is 18.8 Å². The van der Waals surface area contributed by atoms with Crippen LogP contribution in [0.4, 0.5) is 5.82 Å². The van der Waals surface area contributed by atoms with Gasteiger partial charge in [-0.05, 0) is 12.5 Å². The van der Waals surface area contributed by atoms with Crippen LogP contribution >= 0.6 is 0 Å². The van der Waals surface area contributed by atoms with Crippen LogP contribution in [0.25, 0.3) is 0 Å². The van der Waals surface area contributed by atoms with Crippen molar-refractivity contribution in [2.24, 2.45) is 0 Å². The number of rotatable bonds is 4. The number of carbonyl (C=O) groups excluding carboxylic acids is 1. The number of nitriles is 1. The highest BCUT2D eigenvalue weighted by Gasteiger charge is 2.36. The third kappa shape index (κ3) is 3.29. The summed E-state index contributed by atoms with van der Waals surface area (Å²) in [5, 5.41) is 12.1. The first-order valence-electron chi connectivity index (χ1n) is 7.49. The van der Waals surface area contributed by atoms with Crippen LogP contribution < -0.4 is 5.32 Å². The normalized spacial score (nSPS) is 20.3. The number of amides is 1. The third-order valence-electron chi connectivity index (χ3n) is 4.07. The van der Waals surface area contributed by atoms with Crippen molar-refractivity contribution in [3.05, 3.63) is 54.0 Å². The molecule has 23 heavy (non-hydrogen) atoms. The monoisotopic (exact) mass is 307 g/mol. The largest absolute Gasteiger partial charge is 0.363 e. The van der Waals surface area contributed by atoms with E-state index in [4.69, 9.17) is 5.26 Å². The third-order valence-corrected chi connectivity index (χ3v) is 4.07. The van der Waals surface area contributed by atoms with Gasteiger partial charge in [0.1, 0.15) is 11.9 Å². The van der Waals surface area contributed by atoms with Crippen LogP contribution in [-0.2, 0) is 11.3 Å². The molecule has 2 unspecified atom stereocenters. The molecule has 0 aliphatic carbocycles. The lowest BCUT2D eigenvalue weighted by molar-refractivity contribution is -0.129. The predicted octanol–water partition coefficient (Wildman–Crippen LogP) is 1.95. The first-order chi connectivity index (χ1) is 11.2. The van der Waals surface area contributed by atoms with Crippen LogP contribution in [0.3, 0.4) is 0 Å². The van der Waals surface area contributed by atoms with Crippen molar-refractivity contribution >= 4 is 11.7 Å². The fourth-order valence-corrected chi connectivity index (χ4v) is 2.78. The highest BCUT2D eigenvalue weighted by atomic mass is 16.2. The molecule has 1 fully saturated rings. The van der Waals surface area contributed by atoms with E-state index < -0.39 is 0 Å².